The number of nitrogens with zero attached hydrogens (tertiary/aromatic N) is 1. The van der Waals surface area contributed by atoms with Crippen LogP contribution < -0.4 is 15.6 Å². The van der Waals surface area contributed by atoms with Crippen LogP contribution in [0.3, 0.4) is 0 Å². The van der Waals surface area contributed by atoms with Gasteiger partial charge in [0, 0.05) is 22.7 Å². The summed E-state index contributed by atoms with van der Waals surface area (Å²) in [4.78, 5) is 18.2. The highest BCUT2D eigenvalue weighted by atomic mass is 32.1. The maximum absolute atomic E-state index is 12.9. The van der Waals surface area contributed by atoms with Gasteiger partial charge >= 0.3 is 0 Å². The van der Waals surface area contributed by atoms with Gasteiger partial charge in [0.2, 0.25) is 0 Å². The minimum Gasteiger partial charge on any atom is -0.497 e. The highest BCUT2D eigenvalue weighted by molar-refractivity contribution is 7.80. The molecule has 2 aromatic carbocycles. The molecule has 1 aliphatic rings. The Bertz CT molecular complexity index is 1150. The molecule has 0 aliphatic heterocycles. The summed E-state index contributed by atoms with van der Waals surface area (Å²) < 4.78 is 5.24. The number of nitrogens with one attached hydrogen (secondary N) is 2. The van der Waals surface area contributed by atoms with Crippen LogP contribution in [-0.4, -0.2) is 28.1 Å². The summed E-state index contributed by atoms with van der Waals surface area (Å²) in [7, 11) is 1.65. The van der Waals surface area contributed by atoms with Crippen LogP contribution in [-0.2, 0) is 6.54 Å². The van der Waals surface area contributed by atoms with Gasteiger partial charge in [-0.15, -0.1) is 0 Å². The van der Waals surface area contributed by atoms with E-state index in [4.69, 9.17) is 17.0 Å². The number of aryl methyl sites for hydroxylation is 2. The molecule has 2 N–H and O–H groups in total. The smallest absolute Gasteiger partial charge is 0.253 e. The molecule has 31 heavy (non-hydrogen) atoms. The quantitative estimate of drug-likeness (QED) is 0.533. The lowest BCUT2D eigenvalue weighted by molar-refractivity contribution is 0.311. The lowest BCUT2D eigenvalue weighted by Crippen LogP contribution is -2.42. The third-order valence-electron chi connectivity index (χ3n) is 6.23. The molecule has 0 saturated heterocycles. The molecule has 6 heteroatoms. The largest absolute Gasteiger partial charge is 0.497 e. The van der Waals surface area contributed by atoms with Crippen molar-refractivity contribution in [3.8, 4) is 5.75 Å². The molecular formula is C25H29N3O2S. The number of thiocarbonyl (C=S) groups is 1. The lowest BCUT2D eigenvalue weighted by Gasteiger charge is -2.31. The molecule has 0 amide bonds. The van der Waals surface area contributed by atoms with E-state index >= 15 is 0 Å². The molecule has 1 fully saturated rings. The van der Waals surface area contributed by atoms with Crippen molar-refractivity contribution in [1.82, 2.24) is 9.88 Å². The van der Waals surface area contributed by atoms with Crippen LogP contribution in [0, 0.1) is 13.8 Å². The van der Waals surface area contributed by atoms with Crippen molar-refractivity contribution in [2.75, 3.05) is 12.4 Å². The zero-order valence-electron chi connectivity index (χ0n) is 18.3. The normalized spacial score (nSPS) is 14.0. The number of hydrogen-bond donors (Lipinski definition) is 2. The molecule has 0 bridgehead atoms. The van der Waals surface area contributed by atoms with Gasteiger partial charge in [0.05, 0.1) is 19.2 Å². The summed E-state index contributed by atoms with van der Waals surface area (Å²) in [6, 6.07) is 14.2. The zero-order valence-corrected chi connectivity index (χ0v) is 19.1. The van der Waals surface area contributed by atoms with Crippen molar-refractivity contribution in [3.05, 3.63) is 69.5 Å². The second-order valence-electron chi connectivity index (χ2n) is 8.34. The standard InChI is InChI=1S/C25H29N3O2S/c1-16-8-9-17(2)23-22(16)14-18(24(29)27-23)15-28(20-6-4-5-7-20)25(31)26-19-10-12-21(30-3)13-11-19/h8-14,20H,4-7,15H2,1-3H3,(H,26,31)(H,27,29). The van der Waals surface area contributed by atoms with Gasteiger partial charge in [-0.1, -0.05) is 25.0 Å². The Morgan fingerprint density at radius 1 is 1.13 bits per heavy atom. The van der Waals surface area contributed by atoms with Crippen LogP contribution in [0.15, 0.2) is 47.3 Å². The Morgan fingerprint density at radius 3 is 2.48 bits per heavy atom. The first-order chi connectivity index (χ1) is 15.0. The minimum atomic E-state index is -0.0450. The van der Waals surface area contributed by atoms with Crippen LogP contribution in [0.25, 0.3) is 10.9 Å². The van der Waals surface area contributed by atoms with Gasteiger partial charge in [0.1, 0.15) is 5.75 Å². The minimum absolute atomic E-state index is 0.0450. The van der Waals surface area contributed by atoms with Crippen molar-refractivity contribution in [2.45, 2.75) is 52.1 Å². The Kier molecular flexibility index (Phi) is 6.28. The maximum atomic E-state index is 12.9. The van der Waals surface area contributed by atoms with Crippen LogP contribution in [0.2, 0.25) is 0 Å². The highest BCUT2D eigenvalue weighted by Gasteiger charge is 2.26. The molecule has 1 heterocycles. The third-order valence-corrected chi connectivity index (χ3v) is 6.57. The predicted octanol–water partition coefficient (Wildman–Crippen LogP) is 5.30. The third kappa shape index (κ3) is 4.59. The average Bonchev–Trinajstić information content (AvgIpc) is 3.30. The van der Waals surface area contributed by atoms with E-state index in [1.807, 2.05) is 43.3 Å². The van der Waals surface area contributed by atoms with Crippen LogP contribution in [0.1, 0.15) is 42.4 Å². The highest BCUT2D eigenvalue weighted by Crippen LogP contribution is 2.27. The van der Waals surface area contributed by atoms with Gasteiger partial charge < -0.3 is 19.9 Å². The number of ether oxygens (including phenoxy) is 1. The molecule has 3 aromatic rings. The number of pyridine rings is 1. The summed E-state index contributed by atoms with van der Waals surface area (Å²) in [5.41, 5.74) is 4.76. The molecular weight excluding hydrogens is 406 g/mol. The second kappa shape index (κ2) is 9.10. The first kappa shape index (κ1) is 21.4. The van der Waals surface area contributed by atoms with Crippen LogP contribution in [0.4, 0.5) is 5.69 Å². The molecule has 0 unspecified atom stereocenters. The van der Waals surface area contributed by atoms with Crippen molar-refractivity contribution in [2.24, 2.45) is 0 Å². The van der Waals surface area contributed by atoms with E-state index < -0.39 is 0 Å². The monoisotopic (exact) mass is 435 g/mol. The van der Waals surface area contributed by atoms with Gasteiger partial charge in [0.15, 0.2) is 5.11 Å². The maximum Gasteiger partial charge on any atom is 0.253 e. The Labute approximate surface area is 188 Å². The fourth-order valence-corrected chi connectivity index (χ4v) is 4.70. The lowest BCUT2D eigenvalue weighted by atomic mass is 10.0. The predicted molar refractivity (Wildman–Crippen MR) is 131 cm³/mol. The van der Waals surface area contributed by atoms with Crippen molar-refractivity contribution in [3.63, 3.8) is 0 Å². The zero-order chi connectivity index (χ0) is 22.0. The van der Waals surface area contributed by atoms with Crippen molar-refractivity contribution in [1.29, 1.82) is 0 Å². The van der Waals surface area contributed by atoms with Gasteiger partial charge in [0.25, 0.3) is 5.56 Å². The number of anilines is 1. The van der Waals surface area contributed by atoms with Gasteiger partial charge in [-0.25, -0.2) is 0 Å². The number of hydrogen-bond acceptors (Lipinski definition) is 3. The Hall–Kier alpha value is -2.86. The van der Waals surface area contributed by atoms with Crippen LogP contribution >= 0.6 is 12.2 Å². The second-order valence-corrected chi connectivity index (χ2v) is 8.72. The van der Waals surface area contributed by atoms with Crippen molar-refractivity contribution < 1.29 is 4.74 Å². The molecule has 5 nitrogen and oxygen atoms in total. The number of methoxy groups -OCH3 is 1. The summed E-state index contributed by atoms with van der Waals surface area (Å²) in [6.07, 6.45) is 4.57. The van der Waals surface area contributed by atoms with E-state index in [0.29, 0.717) is 17.7 Å². The molecule has 0 atom stereocenters. The summed E-state index contributed by atoms with van der Waals surface area (Å²) in [6.45, 7) is 4.59. The topological polar surface area (TPSA) is 57.4 Å². The Morgan fingerprint density at radius 2 is 1.81 bits per heavy atom. The van der Waals surface area contributed by atoms with E-state index in [1.54, 1.807) is 7.11 Å². The number of aromatic amines is 1. The fraction of sp³-hybridized carbons (Fsp3) is 0.360. The number of H-pyrrole nitrogens is 1. The summed E-state index contributed by atoms with van der Waals surface area (Å²) >= 11 is 5.81. The molecule has 1 saturated carbocycles. The Balaban J connectivity index is 1.64. The van der Waals surface area contributed by atoms with Gasteiger partial charge in [-0.3, -0.25) is 4.79 Å². The molecule has 4 rings (SSSR count). The van der Waals surface area contributed by atoms with E-state index in [-0.39, 0.29) is 5.56 Å². The van der Waals surface area contributed by atoms with Crippen molar-refractivity contribution >= 4 is 33.9 Å². The number of aromatic nitrogens is 1. The average molecular weight is 436 g/mol. The van der Waals surface area contributed by atoms with E-state index in [2.05, 4.69) is 28.2 Å². The van der Waals surface area contributed by atoms with E-state index in [9.17, 15) is 4.79 Å². The number of rotatable bonds is 5. The first-order valence-electron chi connectivity index (χ1n) is 10.8. The summed E-state index contributed by atoms with van der Waals surface area (Å²) in [5, 5.41) is 5.10. The van der Waals surface area contributed by atoms with E-state index in [1.165, 1.54) is 12.8 Å². The summed E-state index contributed by atoms with van der Waals surface area (Å²) in [5.74, 6) is 0.803. The molecule has 1 aromatic heterocycles. The molecule has 162 valence electrons. The molecule has 0 spiro atoms. The first-order valence-corrected chi connectivity index (χ1v) is 11.2. The fourth-order valence-electron chi connectivity index (χ4n) is 4.37. The SMILES string of the molecule is COc1ccc(NC(=S)N(Cc2cc3c(C)ccc(C)c3[nH]c2=O)C2CCCC2)cc1. The number of fused-ring (bicyclic) bond motifs is 1. The van der Waals surface area contributed by atoms with E-state index in [0.717, 1.165) is 51.9 Å². The van der Waals surface area contributed by atoms with Gasteiger partial charge in [-0.05, 0) is 80.4 Å². The molecule has 1 aliphatic carbocycles. The van der Waals surface area contributed by atoms with Gasteiger partial charge in [-0.2, -0.15) is 0 Å². The van der Waals surface area contributed by atoms with Crippen LogP contribution in [0.5, 0.6) is 5.75 Å². The molecule has 0 radical (unpaired) electrons. The number of benzene rings is 2.